The first-order valence-electron chi connectivity index (χ1n) is 6.55. The molecule has 0 saturated carbocycles. The van der Waals surface area contributed by atoms with Crippen LogP contribution in [0.1, 0.15) is 31.4 Å². The Hall–Kier alpha value is -0.640. The van der Waals surface area contributed by atoms with Gasteiger partial charge in [-0.1, -0.05) is 18.5 Å². The molecule has 0 amide bonds. The normalized spacial score (nSPS) is 24.7. The number of likely N-dealkylation sites (tertiary alicyclic amines) is 1. The third-order valence-corrected chi connectivity index (χ3v) is 3.89. The highest BCUT2D eigenvalue weighted by Gasteiger charge is 2.34. The van der Waals surface area contributed by atoms with Gasteiger partial charge in [-0.15, -0.1) is 0 Å². The summed E-state index contributed by atoms with van der Waals surface area (Å²) < 4.78 is 13.5. The summed E-state index contributed by atoms with van der Waals surface area (Å²) in [4.78, 5) is 2.39. The Morgan fingerprint density at radius 2 is 2.22 bits per heavy atom. The zero-order chi connectivity index (χ0) is 13.1. The zero-order valence-electron chi connectivity index (χ0n) is 10.7. The Kier molecular flexibility index (Phi) is 4.60. The first-order chi connectivity index (χ1) is 8.65. The molecule has 2 unspecified atom stereocenters. The minimum atomic E-state index is -0.267. The van der Waals surface area contributed by atoms with Crippen molar-refractivity contribution in [3.63, 3.8) is 0 Å². The van der Waals surface area contributed by atoms with Gasteiger partial charge in [0.2, 0.25) is 0 Å². The van der Waals surface area contributed by atoms with E-state index in [-0.39, 0.29) is 11.9 Å². The fourth-order valence-electron chi connectivity index (χ4n) is 2.94. The molecule has 1 aliphatic heterocycles. The smallest absolute Gasteiger partial charge is 0.125 e. The lowest BCUT2D eigenvalue weighted by atomic mass is 9.93. The molecule has 2 nitrogen and oxygen atoms in total. The predicted octanol–water partition coefficient (Wildman–Crippen LogP) is 3.21. The van der Waals surface area contributed by atoms with E-state index < -0.39 is 0 Å². The van der Waals surface area contributed by atoms with Crippen LogP contribution in [0.15, 0.2) is 18.2 Å². The Balaban J connectivity index is 2.30. The second-order valence-corrected chi connectivity index (χ2v) is 5.40. The first-order valence-corrected chi connectivity index (χ1v) is 6.93. The molecule has 1 fully saturated rings. The Morgan fingerprint density at radius 3 is 2.83 bits per heavy atom. The summed E-state index contributed by atoms with van der Waals surface area (Å²) in [5, 5.41) is 0.462. The maximum absolute atomic E-state index is 13.5. The van der Waals surface area contributed by atoms with Crippen molar-refractivity contribution in [3.8, 4) is 0 Å². The zero-order valence-corrected chi connectivity index (χ0v) is 11.5. The van der Waals surface area contributed by atoms with Crippen LogP contribution in [0.2, 0.25) is 5.02 Å². The summed E-state index contributed by atoms with van der Waals surface area (Å²) >= 11 is 5.95. The number of rotatable bonds is 4. The summed E-state index contributed by atoms with van der Waals surface area (Å²) in [6, 6.07) is 5.02. The molecule has 0 aromatic heterocycles. The number of hydrogen-bond acceptors (Lipinski definition) is 2. The van der Waals surface area contributed by atoms with Gasteiger partial charge >= 0.3 is 0 Å². The van der Waals surface area contributed by atoms with E-state index in [0.29, 0.717) is 17.5 Å². The summed E-state index contributed by atoms with van der Waals surface area (Å²) in [6.45, 7) is 4.86. The van der Waals surface area contributed by atoms with Crippen LogP contribution in [0.4, 0.5) is 4.39 Å². The fraction of sp³-hybridized carbons (Fsp3) is 0.571. The van der Waals surface area contributed by atoms with E-state index in [9.17, 15) is 4.39 Å². The van der Waals surface area contributed by atoms with Crippen LogP contribution in [-0.4, -0.2) is 24.5 Å². The lowest BCUT2D eigenvalue weighted by Gasteiger charge is -2.28. The lowest BCUT2D eigenvalue weighted by Crippen LogP contribution is -2.29. The lowest BCUT2D eigenvalue weighted by molar-refractivity contribution is 0.230. The molecule has 1 saturated heterocycles. The maximum Gasteiger partial charge on any atom is 0.125 e. The molecule has 2 N–H and O–H groups in total. The van der Waals surface area contributed by atoms with Gasteiger partial charge in [0.1, 0.15) is 5.82 Å². The van der Waals surface area contributed by atoms with E-state index in [2.05, 4.69) is 11.8 Å². The SMILES string of the molecule is CCCN1CCC(CN)C1c1cc(F)cc(Cl)c1. The molecule has 0 radical (unpaired) electrons. The monoisotopic (exact) mass is 270 g/mol. The van der Waals surface area contributed by atoms with Crippen LogP contribution in [0.5, 0.6) is 0 Å². The third-order valence-electron chi connectivity index (χ3n) is 3.67. The Morgan fingerprint density at radius 1 is 1.44 bits per heavy atom. The van der Waals surface area contributed by atoms with Gasteiger partial charge in [-0.3, -0.25) is 4.90 Å². The molecule has 1 heterocycles. The van der Waals surface area contributed by atoms with Crippen LogP contribution in [0.25, 0.3) is 0 Å². The highest BCUT2D eigenvalue weighted by Crippen LogP contribution is 2.37. The molecule has 0 spiro atoms. The largest absolute Gasteiger partial charge is 0.330 e. The van der Waals surface area contributed by atoms with Crippen LogP contribution in [0.3, 0.4) is 0 Å². The van der Waals surface area contributed by atoms with Crippen molar-refractivity contribution in [1.82, 2.24) is 4.90 Å². The van der Waals surface area contributed by atoms with Crippen LogP contribution in [0, 0.1) is 11.7 Å². The van der Waals surface area contributed by atoms with E-state index in [1.807, 2.05) is 6.07 Å². The molecule has 0 aliphatic carbocycles. The molecule has 2 rings (SSSR count). The van der Waals surface area contributed by atoms with Crippen molar-refractivity contribution in [2.45, 2.75) is 25.8 Å². The second-order valence-electron chi connectivity index (χ2n) is 4.97. The molecular formula is C14H20ClFN2. The topological polar surface area (TPSA) is 29.3 Å². The van der Waals surface area contributed by atoms with Crippen molar-refractivity contribution >= 4 is 11.6 Å². The molecule has 1 aromatic rings. The molecule has 100 valence electrons. The van der Waals surface area contributed by atoms with Crippen LogP contribution in [-0.2, 0) is 0 Å². The quantitative estimate of drug-likeness (QED) is 0.910. The van der Waals surface area contributed by atoms with Gasteiger partial charge < -0.3 is 5.73 Å². The van der Waals surface area contributed by atoms with Gasteiger partial charge in [0.25, 0.3) is 0 Å². The number of benzene rings is 1. The van der Waals surface area contributed by atoms with Crippen molar-refractivity contribution in [3.05, 3.63) is 34.6 Å². The number of halogens is 2. The summed E-state index contributed by atoms with van der Waals surface area (Å²) in [6.07, 6.45) is 2.17. The third kappa shape index (κ3) is 2.85. The molecule has 1 aliphatic rings. The number of nitrogens with two attached hydrogens (primary N) is 1. The number of hydrogen-bond donors (Lipinski definition) is 1. The minimum absolute atomic E-state index is 0.211. The molecule has 1 aromatic carbocycles. The minimum Gasteiger partial charge on any atom is -0.330 e. The summed E-state index contributed by atoms with van der Waals surface area (Å²) in [5.74, 6) is 0.131. The van der Waals surface area contributed by atoms with Crippen LogP contribution >= 0.6 is 11.6 Å². The fourth-order valence-corrected chi connectivity index (χ4v) is 3.17. The van der Waals surface area contributed by atoms with Gasteiger partial charge in [0, 0.05) is 11.1 Å². The van der Waals surface area contributed by atoms with Crippen molar-refractivity contribution in [1.29, 1.82) is 0 Å². The average molecular weight is 271 g/mol. The standard InChI is InChI=1S/C14H20ClFN2/c1-2-4-18-5-3-10(9-17)14(18)11-6-12(15)8-13(16)7-11/h6-8,10,14H,2-5,9,17H2,1H3. The summed E-state index contributed by atoms with van der Waals surface area (Å²) in [7, 11) is 0. The highest BCUT2D eigenvalue weighted by atomic mass is 35.5. The van der Waals surface area contributed by atoms with Gasteiger partial charge in [0.05, 0.1) is 0 Å². The highest BCUT2D eigenvalue weighted by molar-refractivity contribution is 6.30. The number of nitrogens with zero attached hydrogens (tertiary/aromatic N) is 1. The second kappa shape index (κ2) is 6.00. The maximum atomic E-state index is 13.5. The molecule has 18 heavy (non-hydrogen) atoms. The van der Waals surface area contributed by atoms with E-state index in [4.69, 9.17) is 17.3 Å². The molecule has 4 heteroatoms. The first kappa shape index (κ1) is 13.8. The van der Waals surface area contributed by atoms with Crippen LogP contribution < -0.4 is 5.73 Å². The van der Waals surface area contributed by atoms with Crippen molar-refractivity contribution in [2.75, 3.05) is 19.6 Å². The Bertz CT molecular complexity index is 391. The summed E-state index contributed by atoms with van der Waals surface area (Å²) in [5.41, 5.74) is 6.80. The predicted molar refractivity (Wildman–Crippen MR) is 73.2 cm³/mol. The van der Waals surface area contributed by atoms with E-state index in [0.717, 1.165) is 31.5 Å². The van der Waals surface area contributed by atoms with Gasteiger partial charge in [-0.2, -0.15) is 0 Å². The van der Waals surface area contributed by atoms with E-state index in [1.165, 1.54) is 6.07 Å². The van der Waals surface area contributed by atoms with Crippen molar-refractivity contribution in [2.24, 2.45) is 11.7 Å². The molecule has 0 bridgehead atoms. The van der Waals surface area contributed by atoms with E-state index >= 15 is 0 Å². The molecule has 2 atom stereocenters. The van der Waals surface area contributed by atoms with Gasteiger partial charge in [0.15, 0.2) is 0 Å². The molecular weight excluding hydrogens is 251 g/mol. The van der Waals surface area contributed by atoms with E-state index in [1.54, 1.807) is 6.07 Å². The average Bonchev–Trinajstić information content (AvgIpc) is 2.71. The van der Waals surface area contributed by atoms with Crippen molar-refractivity contribution < 1.29 is 4.39 Å². The van der Waals surface area contributed by atoms with Gasteiger partial charge in [-0.05, 0) is 62.2 Å². The Labute approximate surface area is 113 Å². The van der Waals surface area contributed by atoms with Gasteiger partial charge in [-0.25, -0.2) is 4.39 Å².